The maximum atomic E-state index is 13.2. The van der Waals surface area contributed by atoms with Crippen LogP contribution in [0.1, 0.15) is 77.0 Å². The molecule has 1 nitrogen and oxygen atoms in total. The Labute approximate surface area is 123 Å². The summed E-state index contributed by atoms with van der Waals surface area (Å²) >= 11 is 0. The Hall–Kier alpha value is -0.590. The highest BCUT2D eigenvalue weighted by Crippen LogP contribution is 2.61. The third-order valence-electron chi connectivity index (χ3n) is 6.60. The topological polar surface area (TPSA) is 17.1 Å². The fraction of sp³-hybridized carbons (Fsp3) is 0.842. The SMILES string of the molecule is O=C(C1=CCCCCCC1)C12CC3CC(CC(C3)C1)C2. The van der Waals surface area contributed by atoms with E-state index in [1.807, 2.05) is 0 Å². The summed E-state index contributed by atoms with van der Waals surface area (Å²) in [5, 5.41) is 0. The van der Waals surface area contributed by atoms with Gasteiger partial charge in [0.25, 0.3) is 0 Å². The van der Waals surface area contributed by atoms with Gasteiger partial charge in [0.05, 0.1) is 0 Å². The summed E-state index contributed by atoms with van der Waals surface area (Å²) in [7, 11) is 0. The highest BCUT2D eigenvalue weighted by molar-refractivity contribution is 6.00. The van der Waals surface area contributed by atoms with Crippen molar-refractivity contribution >= 4 is 5.78 Å². The first-order valence-corrected chi connectivity index (χ1v) is 8.99. The predicted molar refractivity (Wildman–Crippen MR) is 81.4 cm³/mol. The number of carbonyl (C=O) groups is 1. The molecule has 4 fully saturated rings. The largest absolute Gasteiger partial charge is 0.294 e. The lowest BCUT2D eigenvalue weighted by molar-refractivity contribution is -0.139. The zero-order chi connectivity index (χ0) is 13.6. The molecule has 5 rings (SSSR count). The van der Waals surface area contributed by atoms with Crippen molar-refractivity contribution in [3.05, 3.63) is 11.6 Å². The van der Waals surface area contributed by atoms with Gasteiger partial charge < -0.3 is 0 Å². The van der Waals surface area contributed by atoms with E-state index in [1.165, 1.54) is 69.8 Å². The summed E-state index contributed by atoms with van der Waals surface area (Å²) in [6.07, 6.45) is 17.7. The van der Waals surface area contributed by atoms with Gasteiger partial charge in [-0.3, -0.25) is 4.79 Å². The van der Waals surface area contributed by atoms with E-state index >= 15 is 0 Å². The van der Waals surface area contributed by atoms with Gasteiger partial charge in [-0.2, -0.15) is 0 Å². The van der Waals surface area contributed by atoms with E-state index in [0.29, 0.717) is 5.78 Å². The minimum Gasteiger partial charge on any atom is -0.294 e. The Morgan fingerprint density at radius 3 is 2.15 bits per heavy atom. The van der Waals surface area contributed by atoms with E-state index in [4.69, 9.17) is 0 Å². The molecule has 110 valence electrons. The normalized spacial score (nSPS) is 43.8. The van der Waals surface area contributed by atoms with Gasteiger partial charge in [-0.25, -0.2) is 0 Å². The number of rotatable bonds is 2. The second-order valence-electron chi connectivity index (χ2n) is 8.21. The van der Waals surface area contributed by atoms with Crippen LogP contribution in [0.15, 0.2) is 11.6 Å². The van der Waals surface area contributed by atoms with Crippen molar-refractivity contribution in [2.75, 3.05) is 0 Å². The molecule has 0 aromatic heterocycles. The first-order valence-electron chi connectivity index (χ1n) is 8.99. The lowest BCUT2D eigenvalue weighted by atomic mass is 9.48. The van der Waals surface area contributed by atoms with Gasteiger partial charge in [-0.05, 0) is 87.5 Å². The van der Waals surface area contributed by atoms with Crippen LogP contribution in [0.25, 0.3) is 0 Å². The molecule has 0 N–H and O–H groups in total. The van der Waals surface area contributed by atoms with Crippen molar-refractivity contribution < 1.29 is 4.79 Å². The van der Waals surface area contributed by atoms with Crippen molar-refractivity contribution in [2.24, 2.45) is 23.2 Å². The fourth-order valence-electron chi connectivity index (χ4n) is 6.13. The molecule has 0 aromatic rings. The van der Waals surface area contributed by atoms with Gasteiger partial charge in [-0.1, -0.05) is 18.9 Å². The van der Waals surface area contributed by atoms with Crippen LogP contribution >= 0.6 is 0 Å². The summed E-state index contributed by atoms with van der Waals surface area (Å²) in [4.78, 5) is 13.2. The number of Topliss-reactive ketones (excluding diaryl/α,β-unsaturated/α-hetero) is 1. The molecule has 0 spiro atoms. The smallest absolute Gasteiger partial charge is 0.164 e. The van der Waals surface area contributed by atoms with E-state index in [0.717, 1.165) is 30.6 Å². The molecule has 0 aliphatic heterocycles. The van der Waals surface area contributed by atoms with Crippen LogP contribution in [0.3, 0.4) is 0 Å². The molecular weight excluding hydrogens is 244 g/mol. The van der Waals surface area contributed by atoms with Crippen LogP contribution in [-0.4, -0.2) is 5.78 Å². The van der Waals surface area contributed by atoms with Gasteiger partial charge in [0.15, 0.2) is 5.78 Å². The summed E-state index contributed by atoms with van der Waals surface area (Å²) in [6.45, 7) is 0. The fourth-order valence-corrected chi connectivity index (χ4v) is 6.13. The van der Waals surface area contributed by atoms with Gasteiger partial charge in [-0.15, -0.1) is 0 Å². The average Bonchev–Trinajstić information content (AvgIpc) is 2.36. The molecule has 4 saturated carbocycles. The highest BCUT2D eigenvalue weighted by Gasteiger charge is 2.54. The molecule has 0 amide bonds. The van der Waals surface area contributed by atoms with Gasteiger partial charge in [0.2, 0.25) is 0 Å². The summed E-state index contributed by atoms with van der Waals surface area (Å²) in [5.41, 5.74) is 1.33. The molecule has 0 unspecified atom stereocenters. The van der Waals surface area contributed by atoms with E-state index in [9.17, 15) is 4.79 Å². The first-order chi connectivity index (χ1) is 9.75. The zero-order valence-electron chi connectivity index (χ0n) is 12.7. The lowest BCUT2D eigenvalue weighted by Gasteiger charge is -2.56. The quantitative estimate of drug-likeness (QED) is 0.687. The van der Waals surface area contributed by atoms with Crippen molar-refractivity contribution in [2.45, 2.75) is 77.0 Å². The Morgan fingerprint density at radius 2 is 1.50 bits per heavy atom. The van der Waals surface area contributed by atoms with E-state index < -0.39 is 0 Å². The highest BCUT2D eigenvalue weighted by atomic mass is 16.1. The Balaban J connectivity index is 1.58. The van der Waals surface area contributed by atoms with Crippen LogP contribution in [-0.2, 0) is 4.79 Å². The number of hydrogen-bond acceptors (Lipinski definition) is 1. The van der Waals surface area contributed by atoms with Gasteiger partial charge in [0.1, 0.15) is 0 Å². The molecule has 5 aliphatic rings. The predicted octanol–water partition coefficient (Wildman–Crippen LogP) is 5.05. The Bertz CT molecular complexity index is 396. The molecule has 4 bridgehead atoms. The van der Waals surface area contributed by atoms with Crippen molar-refractivity contribution in [3.8, 4) is 0 Å². The minimum atomic E-state index is 0.0970. The summed E-state index contributed by atoms with van der Waals surface area (Å²) < 4.78 is 0. The van der Waals surface area contributed by atoms with Crippen LogP contribution in [0.5, 0.6) is 0 Å². The second-order valence-corrected chi connectivity index (χ2v) is 8.21. The maximum Gasteiger partial charge on any atom is 0.164 e. The van der Waals surface area contributed by atoms with E-state index in [-0.39, 0.29) is 5.41 Å². The molecule has 20 heavy (non-hydrogen) atoms. The second kappa shape index (κ2) is 5.00. The third-order valence-corrected chi connectivity index (χ3v) is 6.60. The minimum absolute atomic E-state index is 0.0970. The van der Waals surface area contributed by atoms with Crippen molar-refractivity contribution in [1.82, 2.24) is 0 Å². The van der Waals surface area contributed by atoms with Crippen LogP contribution in [0.4, 0.5) is 0 Å². The average molecular weight is 272 g/mol. The van der Waals surface area contributed by atoms with Gasteiger partial charge in [0, 0.05) is 5.41 Å². The Kier molecular flexibility index (Phi) is 3.27. The van der Waals surface area contributed by atoms with Gasteiger partial charge >= 0.3 is 0 Å². The van der Waals surface area contributed by atoms with Crippen LogP contribution in [0, 0.1) is 23.2 Å². The van der Waals surface area contributed by atoms with Crippen molar-refractivity contribution in [1.29, 1.82) is 0 Å². The van der Waals surface area contributed by atoms with Crippen LogP contribution < -0.4 is 0 Å². The molecule has 0 radical (unpaired) electrons. The number of allylic oxidation sites excluding steroid dienone is 2. The van der Waals surface area contributed by atoms with Crippen molar-refractivity contribution in [3.63, 3.8) is 0 Å². The molecule has 0 atom stereocenters. The molecule has 0 heterocycles. The maximum absolute atomic E-state index is 13.2. The van der Waals surface area contributed by atoms with Crippen LogP contribution in [0.2, 0.25) is 0 Å². The molecule has 1 heteroatoms. The zero-order valence-corrected chi connectivity index (χ0v) is 12.7. The number of carbonyl (C=O) groups excluding carboxylic acids is 1. The Morgan fingerprint density at radius 1 is 0.900 bits per heavy atom. The monoisotopic (exact) mass is 272 g/mol. The molecule has 5 aliphatic carbocycles. The number of ketones is 1. The lowest BCUT2D eigenvalue weighted by Crippen LogP contribution is -2.50. The molecular formula is C19H28O. The first kappa shape index (κ1) is 13.1. The van der Waals surface area contributed by atoms with E-state index in [1.54, 1.807) is 0 Å². The van der Waals surface area contributed by atoms with E-state index in [2.05, 4.69) is 6.08 Å². The summed E-state index contributed by atoms with van der Waals surface area (Å²) in [6, 6.07) is 0. The molecule has 0 saturated heterocycles. The molecule has 0 aromatic carbocycles. The number of hydrogen-bond donors (Lipinski definition) is 0. The third kappa shape index (κ3) is 2.18. The summed E-state index contributed by atoms with van der Waals surface area (Å²) in [5.74, 6) is 3.26. The standard InChI is InChI=1S/C19H28O/c20-18(17-6-4-2-1-3-5-7-17)19-11-14-8-15(12-19)10-16(9-14)13-19/h6,14-16H,1-5,7-13H2.